The minimum Gasteiger partial charge on any atom is -0.400 e. The summed E-state index contributed by atoms with van der Waals surface area (Å²) < 4.78 is 0. The molecule has 1 N–H and O–H groups in total. The topological polar surface area (TPSA) is 37.3 Å². The molecule has 2 nitrogen and oxygen atoms in total. The van der Waals surface area contributed by atoms with Gasteiger partial charge in [-0.3, -0.25) is 0 Å². The first-order valence-electron chi connectivity index (χ1n) is 3.83. The van der Waals surface area contributed by atoms with Gasteiger partial charge in [-0.05, 0) is 12.8 Å². The van der Waals surface area contributed by atoms with Crippen molar-refractivity contribution in [2.24, 2.45) is 5.92 Å². The van der Waals surface area contributed by atoms with Crippen LogP contribution in [0, 0.1) is 5.92 Å². The van der Waals surface area contributed by atoms with Crippen molar-refractivity contribution in [2.45, 2.75) is 32.1 Å². The molecule has 0 aromatic rings. The summed E-state index contributed by atoms with van der Waals surface area (Å²) >= 11 is 0. The van der Waals surface area contributed by atoms with Crippen LogP contribution in [0.1, 0.15) is 32.1 Å². The summed E-state index contributed by atoms with van der Waals surface area (Å²) in [5.74, 6) is 0.406. The first-order chi connectivity index (χ1) is 4.93. The van der Waals surface area contributed by atoms with E-state index in [2.05, 4.69) is 0 Å². The molecule has 0 aromatic carbocycles. The van der Waals surface area contributed by atoms with E-state index in [1.807, 2.05) is 0 Å². The van der Waals surface area contributed by atoms with Crippen LogP contribution in [0.3, 0.4) is 0 Å². The van der Waals surface area contributed by atoms with Gasteiger partial charge < -0.3 is 9.90 Å². The molecule has 1 saturated carbocycles. The van der Waals surface area contributed by atoms with Crippen LogP contribution >= 0.6 is 0 Å². The molecule has 1 fully saturated rings. The maximum atomic E-state index is 10.2. The van der Waals surface area contributed by atoms with Crippen molar-refractivity contribution in [3.8, 4) is 0 Å². The molecule has 0 amide bonds. The number of aliphatic hydroxyl groups is 1. The zero-order chi connectivity index (χ0) is 7.82. The summed E-state index contributed by atoms with van der Waals surface area (Å²) in [7, 11) is 1.00. The highest BCUT2D eigenvalue weighted by molar-refractivity contribution is 5.53. The number of aliphatic hydroxyl groups excluding tert-OH is 1. The Morgan fingerprint density at radius 3 is 2.00 bits per heavy atom. The van der Waals surface area contributed by atoms with Gasteiger partial charge >= 0.3 is 0 Å². The summed E-state index contributed by atoms with van der Waals surface area (Å²) in [5, 5.41) is 7.00. The highest BCUT2D eigenvalue weighted by atomic mass is 16.2. The molecule has 1 rings (SSSR count). The Morgan fingerprint density at radius 2 is 1.70 bits per heavy atom. The van der Waals surface area contributed by atoms with E-state index in [4.69, 9.17) is 5.11 Å². The Hall–Kier alpha value is -0.370. The average Bonchev–Trinajstić information content (AvgIpc) is 2.10. The molecular weight excluding hydrogens is 128 g/mol. The van der Waals surface area contributed by atoms with E-state index in [-0.39, 0.29) is 0 Å². The highest BCUT2D eigenvalue weighted by Gasteiger charge is 2.10. The third-order valence-electron chi connectivity index (χ3n) is 1.84. The van der Waals surface area contributed by atoms with Crippen molar-refractivity contribution in [3.05, 3.63) is 0 Å². The Balaban J connectivity index is 0.000000371. The maximum Gasteiger partial charge on any atom is 0.123 e. The second kappa shape index (κ2) is 6.75. The third kappa shape index (κ3) is 3.62. The maximum absolute atomic E-state index is 10.2. The van der Waals surface area contributed by atoms with Gasteiger partial charge in [0.2, 0.25) is 0 Å². The summed E-state index contributed by atoms with van der Waals surface area (Å²) in [6.45, 7) is 0. The van der Waals surface area contributed by atoms with Crippen molar-refractivity contribution in [2.75, 3.05) is 7.11 Å². The second-order valence-electron chi connectivity index (χ2n) is 2.53. The zero-order valence-electron chi connectivity index (χ0n) is 6.55. The Bertz CT molecular complexity index is 75.3. The van der Waals surface area contributed by atoms with Gasteiger partial charge in [-0.1, -0.05) is 19.3 Å². The molecule has 0 unspecified atom stereocenters. The number of rotatable bonds is 1. The summed E-state index contributed by atoms with van der Waals surface area (Å²) in [6.07, 6.45) is 7.27. The molecule has 0 bridgehead atoms. The fourth-order valence-electron chi connectivity index (χ4n) is 1.27. The van der Waals surface area contributed by atoms with Gasteiger partial charge in [-0.2, -0.15) is 0 Å². The summed E-state index contributed by atoms with van der Waals surface area (Å²) in [5.41, 5.74) is 0. The van der Waals surface area contributed by atoms with Crippen LogP contribution < -0.4 is 0 Å². The standard InChI is InChI=1S/C7H12O.CH4O/c8-6-7-4-2-1-3-5-7;1-2/h6-7H,1-5H2;2H,1H3. The van der Waals surface area contributed by atoms with Crippen LogP contribution in [0.15, 0.2) is 0 Å². The second-order valence-corrected chi connectivity index (χ2v) is 2.53. The van der Waals surface area contributed by atoms with Crippen LogP contribution in [0.4, 0.5) is 0 Å². The molecule has 0 saturated heterocycles. The minimum absolute atomic E-state index is 0.406. The lowest BCUT2D eigenvalue weighted by atomic mass is 9.91. The van der Waals surface area contributed by atoms with Crippen LogP contribution in [0.5, 0.6) is 0 Å². The third-order valence-corrected chi connectivity index (χ3v) is 1.84. The molecule has 0 atom stereocenters. The molecule has 2 heteroatoms. The quantitative estimate of drug-likeness (QED) is 0.564. The van der Waals surface area contributed by atoms with E-state index >= 15 is 0 Å². The normalized spacial score (nSPS) is 19.0. The Kier molecular flexibility index (Phi) is 6.50. The van der Waals surface area contributed by atoms with Crippen molar-refractivity contribution in [3.63, 3.8) is 0 Å². The van der Waals surface area contributed by atoms with Crippen molar-refractivity contribution >= 4 is 6.29 Å². The van der Waals surface area contributed by atoms with Gasteiger partial charge in [-0.15, -0.1) is 0 Å². The molecule has 0 heterocycles. The smallest absolute Gasteiger partial charge is 0.123 e. The number of hydrogen-bond donors (Lipinski definition) is 1. The first-order valence-corrected chi connectivity index (χ1v) is 3.83. The molecule has 0 radical (unpaired) electrons. The van der Waals surface area contributed by atoms with Gasteiger partial charge in [0.25, 0.3) is 0 Å². The van der Waals surface area contributed by atoms with E-state index in [0.717, 1.165) is 26.2 Å². The highest BCUT2D eigenvalue weighted by Crippen LogP contribution is 2.21. The number of aldehydes is 1. The van der Waals surface area contributed by atoms with Gasteiger partial charge in [-0.25, -0.2) is 0 Å². The van der Waals surface area contributed by atoms with Gasteiger partial charge in [0.1, 0.15) is 6.29 Å². The zero-order valence-corrected chi connectivity index (χ0v) is 6.55. The average molecular weight is 144 g/mol. The number of hydrogen-bond acceptors (Lipinski definition) is 2. The fourth-order valence-corrected chi connectivity index (χ4v) is 1.27. The predicted octanol–water partition coefficient (Wildman–Crippen LogP) is 1.37. The molecule has 60 valence electrons. The molecular formula is C8H16O2. The first kappa shape index (κ1) is 9.63. The molecule has 0 aromatic heterocycles. The minimum atomic E-state index is 0.406. The van der Waals surface area contributed by atoms with E-state index in [9.17, 15) is 4.79 Å². The van der Waals surface area contributed by atoms with Crippen LogP contribution in [0.2, 0.25) is 0 Å². The van der Waals surface area contributed by atoms with Crippen LogP contribution in [0.25, 0.3) is 0 Å². The van der Waals surface area contributed by atoms with Crippen molar-refractivity contribution in [1.82, 2.24) is 0 Å². The SMILES string of the molecule is CO.O=CC1CCCCC1. The lowest BCUT2D eigenvalue weighted by Gasteiger charge is -2.14. The molecule has 1 aliphatic rings. The summed E-state index contributed by atoms with van der Waals surface area (Å²) in [6, 6.07) is 0. The summed E-state index contributed by atoms with van der Waals surface area (Å²) in [4.78, 5) is 10.2. The number of carbonyl (C=O) groups excluding carboxylic acids is 1. The van der Waals surface area contributed by atoms with Gasteiger partial charge in [0.05, 0.1) is 0 Å². The molecule has 10 heavy (non-hydrogen) atoms. The van der Waals surface area contributed by atoms with Crippen LogP contribution in [-0.4, -0.2) is 18.5 Å². The van der Waals surface area contributed by atoms with Crippen LogP contribution in [-0.2, 0) is 4.79 Å². The van der Waals surface area contributed by atoms with Gasteiger partial charge in [0, 0.05) is 13.0 Å². The van der Waals surface area contributed by atoms with Gasteiger partial charge in [0.15, 0.2) is 0 Å². The van der Waals surface area contributed by atoms with E-state index in [1.54, 1.807) is 0 Å². The number of carbonyl (C=O) groups is 1. The van der Waals surface area contributed by atoms with Crippen molar-refractivity contribution in [1.29, 1.82) is 0 Å². The largest absolute Gasteiger partial charge is 0.400 e. The lowest BCUT2D eigenvalue weighted by Crippen LogP contribution is -2.06. The van der Waals surface area contributed by atoms with E-state index in [0.29, 0.717) is 5.92 Å². The Morgan fingerprint density at radius 1 is 1.20 bits per heavy atom. The molecule has 1 aliphatic carbocycles. The Labute approximate surface area is 62.2 Å². The van der Waals surface area contributed by atoms with Crippen molar-refractivity contribution < 1.29 is 9.90 Å². The van der Waals surface area contributed by atoms with E-state index in [1.165, 1.54) is 19.3 Å². The van der Waals surface area contributed by atoms with E-state index < -0.39 is 0 Å². The molecule has 0 aliphatic heterocycles. The predicted molar refractivity (Wildman–Crippen MR) is 40.8 cm³/mol. The monoisotopic (exact) mass is 144 g/mol. The lowest BCUT2D eigenvalue weighted by molar-refractivity contribution is -0.111. The fraction of sp³-hybridized carbons (Fsp3) is 0.875. The molecule has 0 spiro atoms.